The van der Waals surface area contributed by atoms with Gasteiger partial charge in [0.15, 0.2) is 11.5 Å². The molecule has 0 bridgehead atoms. The van der Waals surface area contributed by atoms with E-state index >= 15 is 0 Å². The van der Waals surface area contributed by atoms with E-state index in [0.29, 0.717) is 23.8 Å². The number of aromatic nitrogens is 2. The van der Waals surface area contributed by atoms with E-state index in [1.165, 1.54) is 17.2 Å². The zero-order valence-electron chi connectivity index (χ0n) is 17.6. The van der Waals surface area contributed by atoms with E-state index in [-0.39, 0.29) is 12.5 Å². The predicted octanol–water partition coefficient (Wildman–Crippen LogP) is 3.28. The summed E-state index contributed by atoms with van der Waals surface area (Å²) in [5.41, 5.74) is 1.30. The monoisotopic (exact) mass is 410 g/mol. The summed E-state index contributed by atoms with van der Waals surface area (Å²) in [6.07, 6.45) is 1.60. The van der Waals surface area contributed by atoms with Crippen molar-refractivity contribution in [3.05, 3.63) is 76.3 Å². The Morgan fingerprint density at radius 1 is 1.03 bits per heavy atom. The van der Waals surface area contributed by atoms with E-state index in [4.69, 9.17) is 14.2 Å². The van der Waals surface area contributed by atoms with Crippen LogP contribution in [0.2, 0.25) is 0 Å². The highest BCUT2D eigenvalue weighted by molar-refractivity contribution is 5.49. The lowest BCUT2D eigenvalue weighted by Gasteiger charge is -2.19. The van der Waals surface area contributed by atoms with Crippen LogP contribution in [0.25, 0.3) is 5.69 Å². The van der Waals surface area contributed by atoms with Crippen molar-refractivity contribution in [3.63, 3.8) is 0 Å². The minimum Gasteiger partial charge on any atom is -0.493 e. The number of hydrogen-bond acceptors (Lipinski definition) is 6. The average molecular weight is 410 g/mol. The van der Waals surface area contributed by atoms with Crippen LogP contribution >= 0.6 is 0 Å². The first-order chi connectivity index (χ1) is 14.2. The van der Waals surface area contributed by atoms with Gasteiger partial charge in [-0.25, -0.2) is 4.79 Å². The van der Waals surface area contributed by atoms with Crippen molar-refractivity contribution in [1.82, 2.24) is 9.55 Å². The molecule has 7 nitrogen and oxygen atoms in total. The van der Waals surface area contributed by atoms with Crippen molar-refractivity contribution < 1.29 is 19.3 Å². The molecule has 1 aromatic heterocycles. The predicted molar refractivity (Wildman–Crippen MR) is 114 cm³/mol. The summed E-state index contributed by atoms with van der Waals surface area (Å²) in [6.45, 7) is 5.77. The largest absolute Gasteiger partial charge is 0.493 e. The van der Waals surface area contributed by atoms with Crippen molar-refractivity contribution in [2.45, 2.75) is 33.0 Å². The summed E-state index contributed by atoms with van der Waals surface area (Å²) in [5, 5.41) is 9.83. The molecule has 2 aromatic carbocycles. The fourth-order valence-corrected chi connectivity index (χ4v) is 2.69. The first-order valence-corrected chi connectivity index (χ1v) is 9.57. The van der Waals surface area contributed by atoms with Crippen LogP contribution in [0.3, 0.4) is 0 Å². The van der Waals surface area contributed by atoms with Crippen LogP contribution in [0, 0.1) is 6.92 Å². The summed E-state index contributed by atoms with van der Waals surface area (Å²) in [4.78, 5) is 16.5. The maximum atomic E-state index is 12.5. The lowest BCUT2D eigenvalue weighted by atomic mass is 10.2. The quantitative estimate of drug-likeness (QED) is 0.614. The molecule has 0 aliphatic carbocycles. The molecule has 7 heteroatoms. The number of rotatable bonds is 8. The average Bonchev–Trinajstić information content (AvgIpc) is 2.71. The van der Waals surface area contributed by atoms with E-state index in [1.807, 2.05) is 31.2 Å². The maximum absolute atomic E-state index is 12.5. The molecule has 0 fully saturated rings. The lowest BCUT2D eigenvalue weighted by Crippen LogP contribution is -2.28. The van der Waals surface area contributed by atoms with E-state index < -0.39 is 11.3 Å². The fraction of sp³-hybridized carbons (Fsp3) is 0.304. The summed E-state index contributed by atoms with van der Waals surface area (Å²) in [7, 11) is 1.51. The van der Waals surface area contributed by atoms with Crippen LogP contribution in [0.4, 0.5) is 0 Å². The van der Waals surface area contributed by atoms with Gasteiger partial charge in [0.25, 0.3) is 0 Å². The van der Waals surface area contributed by atoms with Gasteiger partial charge in [0.1, 0.15) is 13.2 Å². The summed E-state index contributed by atoms with van der Waals surface area (Å²) < 4.78 is 18.0. The molecule has 0 saturated carbocycles. The Morgan fingerprint density at radius 3 is 2.40 bits per heavy atom. The number of nitrogens with zero attached hydrogens (tertiary/aromatic N) is 2. The molecular weight excluding hydrogens is 384 g/mol. The third kappa shape index (κ3) is 5.61. The molecule has 0 atom stereocenters. The molecular formula is C23H26N2O5. The first kappa shape index (κ1) is 21.4. The fourth-order valence-electron chi connectivity index (χ4n) is 2.69. The molecule has 0 spiro atoms. The molecule has 0 aliphatic heterocycles. The van der Waals surface area contributed by atoms with Crippen LogP contribution in [-0.4, -0.2) is 34.0 Å². The van der Waals surface area contributed by atoms with Crippen LogP contribution in [0.15, 0.2) is 59.5 Å². The second-order valence-corrected chi connectivity index (χ2v) is 7.63. The number of hydrogen-bond donors (Lipinski definition) is 1. The molecule has 0 aliphatic rings. The summed E-state index contributed by atoms with van der Waals surface area (Å²) >= 11 is 0. The Bertz CT molecular complexity index is 1050. The molecule has 3 rings (SSSR count). The lowest BCUT2D eigenvalue weighted by molar-refractivity contribution is 0.0276. The number of methoxy groups -OCH3 is 1. The van der Waals surface area contributed by atoms with Crippen molar-refractivity contribution >= 4 is 0 Å². The van der Waals surface area contributed by atoms with Crippen molar-refractivity contribution in [3.8, 4) is 23.1 Å². The summed E-state index contributed by atoms with van der Waals surface area (Å²) in [6, 6.07) is 14.7. The van der Waals surface area contributed by atoms with Crippen LogP contribution < -0.4 is 19.9 Å². The SMILES string of the molecule is COc1cc(-n2ccc(OCc3ccc(C)cc3)nc2=O)ccc1OCC(C)(C)O. The number of ether oxygens (including phenoxy) is 3. The zero-order valence-corrected chi connectivity index (χ0v) is 17.6. The smallest absolute Gasteiger partial charge is 0.355 e. The van der Waals surface area contributed by atoms with Gasteiger partial charge in [0, 0.05) is 18.3 Å². The number of benzene rings is 2. The standard InChI is InChI=1S/C23H26N2O5/c1-16-5-7-17(8-6-16)14-29-21-11-12-25(22(26)24-21)18-9-10-19(20(13-18)28-4)30-15-23(2,3)27/h5-13,27H,14-15H2,1-4H3. The van der Waals surface area contributed by atoms with Crippen LogP contribution in [0.5, 0.6) is 17.4 Å². The highest BCUT2D eigenvalue weighted by atomic mass is 16.5. The third-order valence-electron chi connectivity index (χ3n) is 4.29. The van der Waals surface area contributed by atoms with E-state index in [2.05, 4.69) is 4.98 Å². The van der Waals surface area contributed by atoms with Gasteiger partial charge >= 0.3 is 5.69 Å². The maximum Gasteiger partial charge on any atom is 0.355 e. The van der Waals surface area contributed by atoms with Crippen LogP contribution in [0.1, 0.15) is 25.0 Å². The number of aliphatic hydroxyl groups is 1. The second-order valence-electron chi connectivity index (χ2n) is 7.63. The van der Waals surface area contributed by atoms with Crippen molar-refractivity contribution in [1.29, 1.82) is 0 Å². The van der Waals surface area contributed by atoms with E-state index in [1.54, 1.807) is 44.3 Å². The van der Waals surface area contributed by atoms with Crippen molar-refractivity contribution in [2.75, 3.05) is 13.7 Å². The van der Waals surface area contributed by atoms with E-state index in [0.717, 1.165) is 5.56 Å². The molecule has 1 heterocycles. The van der Waals surface area contributed by atoms with E-state index in [9.17, 15) is 9.90 Å². The van der Waals surface area contributed by atoms with Gasteiger partial charge in [-0.2, -0.15) is 4.98 Å². The van der Waals surface area contributed by atoms with Gasteiger partial charge in [0.2, 0.25) is 5.88 Å². The molecule has 0 radical (unpaired) electrons. The van der Waals surface area contributed by atoms with Crippen molar-refractivity contribution in [2.24, 2.45) is 0 Å². The highest BCUT2D eigenvalue weighted by Gasteiger charge is 2.16. The molecule has 0 amide bonds. The van der Waals surface area contributed by atoms with Gasteiger partial charge < -0.3 is 19.3 Å². The third-order valence-corrected chi connectivity index (χ3v) is 4.29. The van der Waals surface area contributed by atoms with Gasteiger partial charge in [-0.15, -0.1) is 0 Å². The molecule has 1 N–H and O–H groups in total. The molecule has 0 saturated heterocycles. The molecule has 158 valence electrons. The van der Waals surface area contributed by atoms with Gasteiger partial charge in [0.05, 0.1) is 18.4 Å². The molecule has 0 unspecified atom stereocenters. The Hall–Kier alpha value is -3.32. The van der Waals surface area contributed by atoms with Gasteiger partial charge in [-0.3, -0.25) is 4.57 Å². The Morgan fingerprint density at radius 2 is 1.77 bits per heavy atom. The van der Waals surface area contributed by atoms with Crippen LogP contribution in [-0.2, 0) is 6.61 Å². The Balaban J connectivity index is 1.75. The molecule has 30 heavy (non-hydrogen) atoms. The van der Waals surface area contributed by atoms with Gasteiger partial charge in [-0.05, 0) is 38.5 Å². The van der Waals surface area contributed by atoms with Gasteiger partial charge in [-0.1, -0.05) is 29.8 Å². The highest BCUT2D eigenvalue weighted by Crippen LogP contribution is 2.30. The zero-order chi connectivity index (χ0) is 21.7. The number of aryl methyl sites for hydroxylation is 1. The minimum atomic E-state index is -0.973. The normalized spacial score (nSPS) is 11.2. The topological polar surface area (TPSA) is 82.8 Å². The molecule has 3 aromatic rings. The minimum absolute atomic E-state index is 0.108. The second kappa shape index (κ2) is 9.00. The summed E-state index contributed by atoms with van der Waals surface area (Å²) in [5.74, 6) is 1.18. The Kier molecular flexibility index (Phi) is 6.42. The Labute approximate surface area is 175 Å². The first-order valence-electron chi connectivity index (χ1n) is 9.57.